The first-order valence-electron chi connectivity index (χ1n) is 16.6. The fourth-order valence-corrected chi connectivity index (χ4v) is 11.8. The highest BCUT2D eigenvalue weighted by Crippen LogP contribution is 2.67. The maximum absolute atomic E-state index is 12.9. The molecule has 0 aromatic carbocycles. The zero-order chi connectivity index (χ0) is 26.2. The average molecular weight is 527 g/mol. The first-order valence-corrected chi connectivity index (χ1v) is 17.5. The molecule has 4 saturated carbocycles. The average Bonchev–Trinajstić information content (AvgIpc) is 3.22. The van der Waals surface area contributed by atoms with Gasteiger partial charge in [-0.05, 0) is 116 Å². The van der Waals surface area contributed by atoms with Crippen LogP contribution in [0, 0.1) is 52.3 Å². The Hall–Kier alpha value is -0.240. The smallest absolute Gasteiger partial charge is 0.189 e. The lowest BCUT2D eigenvalue weighted by molar-refractivity contribution is -0.112. The summed E-state index contributed by atoms with van der Waals surface area (Å²) in [6, 6.07) is 0. The van der Waals surface area contributed by atoms with E-state index in [1.807, 2.05) is 0 Å². The van der Waals surface area contributed by atoms with E-state index in [4.69, 9.17) is 0 Å². The van der Waals surface area contributed by atoms with Crippen LogP contribution in [0.2, 0.25) is 0 Å². The Bertz CT molecular complexity index is 823. The summed E-state index contributed by atoms with van der Waals surface area (Å²) in [5, 5.41) is 1.05. The minimum absolute atomic E-state index is 0.411. The van der Waals surface area contributed by atoms with E-state index in [1.54, 1.807) is 17.3 Å². The summed E-state index contributed by atoms with van der Waals surface area (Å²) in [6.45, 7) is 12.7. The van der Waals surface area contributed by atoms with Crippen molar-refractivity contribution in [2.24, 2.45) is 52.3 Å². The van der Waals surface area contributed by atoms with Gasteiger partial charge in [-0.2, -0.15) is 0 Å². The Labute approximate surface area is 234 Å². The number of carbonyl (C=O) groups excluding carboxylic acids is 1. The van der Waals surface area contributed by atoms with Crippen molar-refractivity contribution in [3.8, 4) is 0 Å². The lowest BCUT2D eigenvalue weighted by Crippen LogP contribution is -2.50. The lowest BCUT2D eigenvalue weighted by atomic mass is 9.47. The Morgan fingerprint density at radius 3 is 2.49 bits per heavy atom. The predicted molar refractivity (Wildman–Crippen MR) is 161 cm³/mol. The molecule has 0 aromatic rings. The quantitative estimate of drug-likeness (QED) is 0.293. The van der Waals surface area contributed by atoms with Gasteiger partial charge in [0.2, 0.25) is 0 Å². The highest BCUT2D eigenvalue weighted by molar-refractivity contribution is 8.14. The van der Waals surface area contributed by atoms with Crippen LogP contribution >= 0.6 is 11.8 Å². The molecule has 0 unspecified atom stereocenters. The largest absolute Gasteiger partial charge is 0.287 e. The van der Waals surface area contributed by atoms with Crippen LogP contribution < -0.4 is 0 Å². The molecule has 5 aliphatic rings. The number of fused-ring (bicyclic) bond motifs is 5. The van der Waals surface area contributed by atoms with Crippen LogP contribution in [0.4, 0.5) is 0 Å². The number of allylic oxidation sites excluding steroid dienone is 2. The second kappa shape index (κ2) is 11.7. The summed E-state index contributed by atoms with van der Waals surface area (Å²) < 4.78 is 0. The summed E-state index contributed by atoms with van der Waals surface area (Å²) >= 11 is 1.74. The number of hydrogen-bond acceptors (Lipinski definition) is 2. The standard InChI is InChI=1S/C35H58OS/c1-24(2)10-9-11-25(3)30-16-17-31-29-15-14-27-23-28(37-33(36)22-26-12-7-6-8-13-26)18-20-34(27,4)32(29)19-21-35(30,31)5/h14,24-26,28-32H,6-13,15-23H2,1-5H3/t25-,28+,29+,30-,31+,32+,34+,35-/m1/s1. The van der Waals surface area contributed by atoms with Crippen molar-refractivity contribution < 1.29 is 4.79 Å². The minimum Gasteiger partial charge on any atom is -0.287 e. The Morgan fingerprint density at radius 2 is 1.73 bits per heavy atom. The van der Waals surface area contributed by atoms with Crippen LogP contribution in [-0.2, 0) is 4.79 Å². The van der Waals surface area contributed by atoms with Gasteiger partial charge in [0.25, 0.3) is 0 Å². The second-order valence-corrected chi connectivity index (χ2v) is 16.7. The minimum atomic E-state index is 0.411. The number of carbonyl (C=O) groups is 1. The van der Waals surface area contributed by atoms with Gasteiger partial charge in [0.1, 0.15) is 0 Å². The van der Waals surface area contributed by atoms with Crippen molar-refractivity contribution in [1.82, 2.24) is 0 Å². The molecule has 1 nitrogen and oxygen atoms in total. The van der Waals surface area contributed by atoms with E-state index in [1.165, 1.54) is 103 Å². The molecule has 0 amide bonds. The van der Waals surface area contributed by atoms with Gasteiger partial charge in [0, 0.05) is 11.7 Å². The molecule has 0 saturated heterocycles. The van der Waals surface area contributed by atoms with E-state index in [0.29, 0.717) is 27.1 Å². The van der Waals surface area contributed by atoms with E-state index in [0.717, 1.165) is 41.9 Å². The van der Waals surface area contributed by atoms with Crippen LogP contribution in [0.1, 0.15) is 144 Å². The molecule has 5 rings (SSSR count). The van der Waals surface area contributed by atoms with Crippen molar-refractivity contribution in [1.29, 1.82) is 0 Å². The van der Waals surface area contributed by atoms with Gasteiger partial charge in [-0.15, -0.1) is 0 Å². The van der Waals surface area contributed by atoms with Crippen LogP contribution in [-0.4, -0.2) is 10.4 Å². The predicted octanol–water partition coefficient (Wildman–Crippen LogP) is 10.6. The number of hydrogen-bond donors (Lipinski definition) is 0. The molecule has 8 atom stereocenters. The van der Waals surface area contributed by atoms with E-state index < -0.39 is 0 Å². The Morgan fingerprint density at radius 1 is 0.946 bits per heavy atom. The molecule has 4 fully saturated rings. The third-order valence-corrected chi connectivity index (χ3v) is 13.9. The molecule has 0 N–H and O–H groups in total. The summed E-state index contributed by atoms with van der Waals surface area (Å²) in [7, 11) is 0. The van der Waals surface area contributed by atoms with Crippen LogP contribution in [0.15, 0.2) is 11.6 Å². The molecule has 37 heavy (non-hydrogen) atoms. The molecule has 0 heterocycles. The summed E-state index contributed by atoms with van der Waals surface area (Å²) in [6.07, 6.45) is 25.5. The van der Waals surface area contributed by atoms with Gasteiger partial charge in [0.05, 0.1) is 0 Å². The summed E-state index contributed by atoms with van der Waals surface area (Å²) in [5.74, 6) is 6.13. The van der Waals surface area contributed by atoms with Gasteiger partial charge in [-0.1, -0.05) is 96.6 Å². The number of rotatable bonds is 8. The first-order chi connectivity index (χ1) is 17.7. The molecular formula is C35H58OS. The highest BCUT2D eigenvalue weighted by Gasteiger charge is 2.59. The van der Waals surface area contributed by atoms with Crippen molar-refractivity contribution in [3.05, 3.63) is 11.6 Å². The molecule has 0 aliphatic heterocycles. The van der Waals surface area contributed by atoms with Crippen LogP contribution in [0.5, 0.6) is 0 Å². The normalized spacial score (nSPS) is 41.0. The summed E-state index contributed by atoms with van der Waals surface area (Å²) in [5.41, 5.74) is 2.75. The maximum atomic E-state index is 12.9. The van der Waals surface area contributed by atoms with Gasteiger partial charge in [-0.25, -0.2) is 0 Å². The summed E-state index contributed by atoms with van der Waals surface area (Å²) in [4.78, 5) is 12.9. The van der Waals surface area contributed by atoms with Gasteiger partial charge >= 0.3 is 0 Å². The number of thioether (sulfide) groups is 1. The molecule has 0 aromatic heterocycles. The molecule has 5 aliphatic carbocycles. The Kier molecular flexibility index (Phi) is 8.95. The fourth-order valence-electron chi connectivity index (χ4n) is 10.6. The first kappa shape index (κ1) is 28.3. The van der Waals surface area contributed by atoms with E-state index in [-0.39, 0.29) is 0 Å². The maximum Gasteiger partial charge on any atom is 0.189 e. The molecular weight excluding hydrogens is 468 g/mol. The highest BCUT2D eigenvalue weighted by atomic mass is 32.2. The molecule has 0 spiro atoms. The molecule has 210 valence electrons. The van der Waals surface area contributed by atoms with Crippen LogP contribution in [0.3, 0.4) is 0 Å². The topological polar surface area (TPSA) is 17.1 Å². The Balaban J connectivity index is 1.20. The zero-order valence-corrected chi connectivity index (χ0v) is 25.8. The van der Waals surface area contributed by atoms with E-state index >= 15 is 0 Å². The molecule has 0 radical (unpaired) electrons. The third kappa shape index (κ3) is 5.81. The fraction of sp³-hybridized carbons (Fsp3) is 0.914. The van der Waals surface area contributed by atoms with Crippen molar-refractivity contribution in [2.75, 3.05) is 0 Å². The van der Waals surface area contributed by atoms with Gasteiger partial charge in [-0.3, -0.25) is 4.79 Å². The van der Waals surface area contributed by atoms with E-state index in [2.05, 4.69) is 40.7 Å². The van der Waals surface area contributed by atoms with Crippen molar-refractivity contribution in [3.63, 3.8) is 0 Å². The lowest BCUT2D eigenvalue weighted by Gasteiger charge is -2.58. The molecule has 0 bridgehead atoms. The zero-order valence-electron chi connectivity index (χ0n) is 25.0. The second-order valence-electron chi connectivity index (χ2n) is 15.4. The SMILES string of the molecule is CC(C)CCC[C@@H](C)[C@H]1CC[C@H]2[C@@H]3CC=C4C[C@@H](SC(=O)CC5CCCCC5)CC[C@]4(C)[C@H]3CC[C@]12C. The van der Waals surface area contributed by atoms with Crippen molar-refractivity contribution >= 4 is 16.9 Å². The monoisotopic (exact) mass is 526 g/mol. The van der Waals surface area contributed by atoms with Crippen molar-refractivity contribution in [2.45, 2.75) is 149 Å². The van der Waals surface area contributed by atoms with E-state index in [9.17, 15) is 4.79 Å². The molecule has 2 heteroatoms. The van der Waals surface area contributed by atoms with Gasteiger partial charge in [0.15, 0.2) is 5.12 Å². The van der Waals surface area contributed by atoms with Crippen LogP contribution in [0.25, 0.3) is 0 Å². The third-order valence-electron chi connectivity index (χ3n) is 12.7. The van der Waals surface area contributed by atoms with Gasteiger partial charge < -0.3 is 0 Å².